The van der Waals surface area contributed by atoms with Crippen molar-refractivity contribution in [2.75, 3.05) is 22.0 Å². The van der Waals surface area contributed by atoms with Crippen LogP contribution in [0.2, 0.25) is 0 Å². The zero-order valence-corrected chi connectivity index (χ0v) is 40.1. The Kier molecular flexibility index (Phi) is 16.7. The van der Waals surface area contributed by atoms with E-state index in [1.165, 1.54) is 0 Å². The fraction of sp³-hybridized carbons (Fsp3) is 0.478. The number of carbonyl (C=O) groups is 2. The number of amides is 1. The molecular formula is C46H62F2N6O9S2. The first-order valence-electron chi connectivity index (χ1n) is 21.1. The van der Waals surface area contributed by atoms with Crippen LogP contribution in [0.15, 0.2) is 48.5 Å². The maximum atomic E-state index is 14.7. The molecule has 0 aliphatic heterocycles. The van der Waals surface area contributed by atoms with E-state index in [2.05, 4.69) is 24.7 Å². The number of carboxylic acids is 1. The number of aromatic nitrogens is 2. The second kappa shape index (κ2) is 20.6. The van der Waals surface area contributed by atoms with Crippen molar-refractivity contribution < 1.29 is 50.5 Å². The third kappa shape index (κ3) is 15.0. The van der Waals surface area contributed by atoms with Crippen molar-refractivity contribution in [3.8, 4) is 0 Å². The second-order valence-electron chi connectivity index (χ2n) is 18.1. The lowest BCUT2D eigenvalue weighted by Gasteiger charge is -2.27. The number of nitrogens with two attached hydrogens (primary N) is 1. The summed E-state index contributed by atoms with van der Waals surface area (Å²) in [7, 11) is -6.92. The zero-order valence-electron chi connectivity index (χ0n) is 38.5. The summed E-state index contributed by atoms with van der Waals surface area (Å²) in [5.41, 5.74) is 11.0. The topological polar surface area (TPSA) is 251 Å². The van der Waals surface area contributed by atoms with Gasteiger partial charge in [0.2, 0.25) is 26.0 Å². The van der Waals surface area contributed by atoms with Gasteiger partial charge in [-0.15, -0.1) is 0 Å². The predicted octanol–water partition coefficient (Wildman–Crippen LogP) is 6.13. The van der Waals surface area contributed by atoms with Gasteiger partial charge in [-0.2, -0.15) is 0 Å². The van der Waals surface area contributed by atoms with Gasteiger partial charge in [0.15, 0.2) is 0 Å². The molecule has 2 aromatic carbocycles. The van der Waals surface area contributed by atoms with Gasteiger partial charge in [0.25, 0.3) is 0 Å². The summed E-state index contributed by atoms with van der Waals surface area (Å²) < 4.78 is 77.7. The maximum absolute atomic E-state index is 14.7. The summed E-state index contributed by atoms with van der Waals surface area (Å²) in [5.74, 6) is -2.54. The smallest absolute Gasteiger partial charge is 0.306 e. The van der Waals surface area contributed by atoms with Crippen LogP contribution in [-0.2, 0) is 66.5 Å². The Bertz CT molecular complexity index is 2630. The van der Waals surface area contributed by atoms with Crippen LogP contribution in [-0.4, -0.2) is 66.5 Å². The van der Waals surface area contributed by atoms with Crippen molar-refractivity contribution in [2.45, 2.75) is 117 Å². The Morgan fingerprint density at radius 3 is 1.52 bits per heavy atom. The Morgan fingerprint density at radius 1 is 0.723 bits per heavy atom. The highest BCUT2D eigenvalue weighted by molar-refractivity contribution is 7.92. The van der Waals surface area contributed by atoms with Crippen molar-refractivity contribution in [1.82, 2.24) is 15.3 Å². The minimum absolute atomic E-state index is 0.162. The molecule has 2 aromatic heterocycles. The van der Waals surface area contributed by atoms with Crippen LogP contribution < -0.4 is 20.5 Å². The Labute approximate surface area is 380 Å². The number of rotatable bonds is 11. The van der Waals surface area contributed by atoms with Crippen molar-refractivity contribution in [3.05, 3.63) is 116 Å². The summed E-state index contributed by atoms with van der Waals surface area (Å²) in [6.45, 7) is 13.5. The van der Waals surface area contributed by atoms with E-state index in [4.69, 9.17) is 10.8 Å². The quantitative estimate of drug-likeness (QED) is 0.0897. The molecule has 19 heteroatoms. The average Bonchev–Trinajstić information content (AvgIpc) is 3.18. The first kappa shape index (κ1) is 52.5. The lowest BCUT2D eigenvalue weighted by atomic mass is 9.85. The number of hydrogen-bond donors (Lipinski definition) is 7. The number of benzene rings is 2. The van der Waals surface area contributed by atoms with E-state index in [0.717, 1.165) is 47.2 Å². The molecule has 1 amide bonds. The number of carboxylic acid groups (broad SMARTS) is 1. The van der Waals surface area contributed by atoms with Crippen LogP contribution in [0.1, 0.15) is 123 Å². The number of carbonyl (C=O) groups excluding carboxylic acids is 1. The summed E-state index contributed by atoms with van der Waals surface area (Å²) in [6, 6.07) is 11.7. The number of nitrogens with zero attached hydrogens (tertiary/aromatic N) is 2. The first-order valence-corrected chi connectivity index (χ1v) is 24.9. The second-order valence-corrected chi connectivity index (χ2v) is 21.6. The van der Waals surface area contributed by atoms with E-state index >= 15 is 0 Å². The third-order valence-corrected chi connectivity index (χ3v) is 12.3. The monoisotopic (exact) mass is 944 g/mol. The maximum Gasteiger partial charge on any atom is 0.306 e. The van der Waals surface area contributed by atoms with Gasteiger partial charge in [0.05, 0.1) is 47.2 Å². The molecule has 2 unspecified atom stereocenters. The van der Waals surface area contributed by atoms with Gasteiger partial charge in [-0.1, -0.05) is 12.1 Å². The van der Waals surface area contributed by atoms with Gasteiger partial charge in [-0.25, -0.2) is 25.6 Å². The number of anilines is 2. The molecule has 2 aliphatic rings. The lowest BCUT2D eigenvalue weighted by Crippen LogP contribution is -2.36. The standard InChI is InChI=1S/C23H30FN3O4S.C13H17NO3.C10H15FN2O2S/c1-13-10-17(18(24)12-20(13)27-32(5,30)31)14(2)25-22(28)16-6-8-19-15(11-16)7-9-21(26-19)23(3,4)29;1-13(2,17)11-6-4-8-7-9(12(15)16)3-5-10(8)14-11;1-6-4-8(7(2)12)9(11)5-10(6)13-16(3,14)15/h7,9-10,12,14,16,27,29H,6,8,11H2,1-5H3,(H,25,28);4,6,9,17H,3,5,7H2,1-2H3,(H,15,16);4-5,7,13H,12H2,1-3H3/t14-,16?;;7-/m1.1/s1. The van der Waals surface area contributed by atoms with Crippen LogP contribution in [0.3, 0.4) is 0 Å². The van der Waals surface area contributed by atoms with Crippen LogP contribution in [0, 0.1) is 37.3 Å². The number of aliphatic carboxylic acids is 1. The van der Waals surface area contributed by atoms with E-state index in [-0.39, 0.29) is 29.1 Å². The number of aliphatic hydroxyl groups is 2. The van der Waals surface area contributed by atoms with Gasteiger partial charge < -0.3 is 26.4 Å². The zero-order chi connectivity index (χ0) is 49.0. The van der Waals surface area contributed by atoms with Crippen LogP contribution in [0.4, 0.5) is 20.2 Å². The molecule has 356 valence electrons. The fourth-order valence-electron chi connectivity index (χ4n) is 7.45. The van der Waals surface area contributed by atoms with Gasteiger partial charge in [0, 0.05) is 34.5 Å². The summed E-state index contributed by atoms with van der Waals surface area (Å²) in [6.07, 6.45) is 5.66. The van der Waals surface area contributed by atoms with Crippen LogP contribution in [0.5, 0.6) is 0 Å². The molecule has 6 rings (SSSR count). The number of hydrogen-bond acceptors (Lipinski definition) is 11. The molecule has 0 saturated heterocycles. The molecule has 2 heterocycles. The molecule has 0 fully saturated rings. The van der Waals surface area contributed by atoms with Gasteiger partial charge in [-0.3, -0.25) is 29.0 Å². The van der Waals surface area contributed by atoms with E-state index in [0.29, 0.717) is 72.2 Å². The largest absolute Gasteiger partial charge is 0.481 e. The summed E-state index contributed by atoms with van der Waals surface area (Å²) in [4.78, 5) is 32.8. The highest BCUT2D eigenvalue weighted by Gasteiger charge is 2.30. The number of fused-ring (bicyclic) bond motifs is 2. The van der Waals surface area contributed by atoms with E-state index < -0.39 is 60.9 Å². The minimum Gasteiger partial charge on any atom is -0.481 e. The normalized spacial score (nSPS) is 17.1. The van der Waals surface area contributed by atoms with E-state index in [9.17, 15) is 45.4 Å². The highest BCUT2D eigenvalue weighted by Crippen LogP contribution is 2.31. The van der Waals surface area contributed by atoms with E-state index in [1.54, 1.807) is 79.7 Å². The number of aryl methyl sites for hydroxylation is 4. The SMILES string of the molecule is CC(C)(O)c1ccc2c(n1)CCC(C(=O)O)C2.Cc1cc([C@@H](C)N)c(F)cc1NS(C)(=O)=O.Cc1cc([C@@H](C)NC(=O)C2CCc3nc(C(C)(C)O)ccc3C2)c(F)cc1NS(C)(=O)=O. The fourth-order valence-corrected chi connectivity index (χ4v) is 8.69. The van der Waals surface area contributed by atoms with Crippen LogP contribution in [0.25, 0.3) is 0 Å². The van der Waals surface area contributed by atoms with Crippen molar-refractivity contribution >= 4 is 43.3 Å². The number of pyridine rings is 2. The molecule has 8 N–H and O–H groups in total. The van der Waals surface area contributed by atoms with Crippen molar-refractivity contribution in [1.29, 1.82) is 0 Å². The van der Waals surface area contributed by atoms with Gasteiger partial charge >= 0.3 is 5.97 Å². The first-order chi connectivity index (χ1) is 29.8. The molecule has 0 bridgehead atoms. The molecule has 0 spiro atoms. The Hall–Kier alpha value is -5.08. The van der Waals surface area contributed by atoms with Gasteiger partial charge in [0.1, 0.15) is 22.8 Å². The lowest BCUT2D eigenvalue weighted by molar-refractivity contribution is -0.142. The molecule has 2 aliphatic carbocycles. The predicted molar refractivity (Wildman–Crippen MR) is 246 cm³/mol. The molecule has 15 nitrogen and oxygen atoms in total. The highest BCUT2D eigenvalue weighted by atomic mass is 32.2. The minimum atomic E-state index is -3.52. The summed E-state index contributed by atoms with van der Waals surface area (Å²) in [5, 5.41) is 31.9. The molecule has 0 radical (unpaired) electrons. The summed E-state index contributed by atoms with van der Waals surface area (Å²) >= 11 is 0. The molecule has 4 atom stereocenters. The molecule has 4 aromatic rings. The average molecular weight is 945 g/mol. The molecule has 65 heavy (non-hydrogen) atoms. The molecule has 0 saturated carbocycles. The molecular weight excluding hydrogens is 883 g/mol. The Morgan fingerprint density at radius 2 is 1.12 bits per heavy atom. The Balaban J connectivity index is 0.000000236. The van der Waals surface area contributed by atoms with Gasteiger partial charge in [-0.05, 0) is 153 Å². The van der Waals surface area contributed by atoms with Crippen LogP contribution >= 0.6 is 0 Å². The van der Waals surface area contributed by atoms with Crippen molar-refractivity contribution in [3.63, 3.8) is 0 Å². The number of nitrogens with one attached hydrogen (secondary N) is 3. The third-order valence-electron chi connectivity index (χ3n) is 11.1. The van der Waals surface area contributed by atoms with E-state index in [1.807, 2.05) is 12.1 Å². The van der Waals surface area contributed by atoms with Crippen molar-refractivity contribution in [2.24, 2.45) is 17.6 Å². The number of halogens is 2. The number of sulfonamides is 2.